The minimum absolute atomic E-state index is 0.386. The number of hydrogen-bond acceptors (Lipinski definition) is 3. The first-order valence-electron chi connectivity index (χ1n) is 6.60. The highest BCUT2D eigenvalue weighted by Gasteiger charge is 2.17. The molecule has 5 heteroatoms. The van der Waals surface area contributed by atoms with E-state index in [9.17, 15) is 9.59 Å². The summed E-state index contributed by atoms with van der Waals surface area (Å²) in [5, 5.41) is 11.5. The average molecular weight is 276 g/mol. The van der Waals surface area contributed by atoms with Gasteiger partial charge in [0.15, 0.2) is 0 Å². The first-order valence-corrected chi connectivity index (χ1v) is 6.60. The van der Waals surface area contributed by atoms with Crippen LogP contribution < -0.4 is 11.1 Å². The van der Waals surface area contributed by atoms with Crippen molar-refractivity contribution in [3.8, 4) is 0 Å². The van der Waals surface area contributed by atoms with Crippen LogP contribution in [-0.2, 0) is 9.59 Å². The minimum atomic E-state index is -1.02. The molecule has 0 spiro atoms. The summed E-state index contributed by atoms with van der Waals surface area (Å²) in [4.78, 5) is 22.7. The molecule has 0 bridgehead atoms. The standard InChI is InChI=1S/C15H20N2O3/c16-11-5-4-8-13(15(19)20)17-14(18)10-9-12-6-2-1-3-7-12/h1-3,6-7,9-10,13H,4-5,8,11,16H2,(H,17,18)(H,19,20)/b10-9+/t13-/m0/s1. The molecule has 1 aromatic carbocycles. The maximum Gasteiger partial charge on any atom is 0.326 e. The summed E-state index contributed by atoms with van der Waals surface area (Å²) in [7, 11) is 0. The van der Waals surface area contributed by atoms with Gasteiger partial charge in [-0.3, -0.25) is 4.79 Å². The van der Waals surface area contributed by atoms with Gasteiger partial charge in [0.1, 0.15) is 6.04 Å². The average Bonchev–Trinajstić information content (AvgIpc) is 2.45. The first kappa shape index (κ1) is 15.9. The highest BCUT2D eigenvalue weighted by molar-refractivity contribution is 5.94. The lowest BCUT2D eigenvalue weighted by Crippen LogP contribution is -2.39. The second-order valence-corrected chi connectivity index (χ2v) is 4.43. The fraction of sp³-hybridized carbons (Fsp3) is 0.333. The Hall–Kier alpha value is -2.14. The highest BCUT2D eigenvalue weighted by Crippen LogP contribution is 2.03. The summed E-state index contributed by atoms with van der Waals surface area (Å²) in [6.45, 7) is 0.522. The van der Waals surface area contributed by atoms with E-state index in [1.165, 1.54) is 6.08 Å². The van der Waals surface area contributed by atoms with E-state index in [2.05, 4.69) is 5.32 Å². The van der Waals surface area contributed by atoms with Gasteiger partial charge < -0.3 is 16.2 Å². The zero-order chi connectivity index (χ0) is 14.8. The Bertz CT molecular complexity index is 457. The molecule has 1 aromatic rings. The zero-order valence-electron chi connectivity index (χ0n) is 11.3. The molecule has 1 atom stereocenters. The smallest absolute Gasteiger partial charge is 0.326 e. The van der Waals surface area contributed by atoms with Gasteiger partial charge in [-0.15, -0.1) is 0 Å². The summed E-state index contributed by atoms with van der Waals surface area (Å²) in [5.74, 6) is -1.43. The number of carboxylic acids is 1. The summed E-state index contributed by atoms with van der Waals surface area (Å²) in [5.41, 5.74) is 6.24. The summed E-state index contributed by atoms with van der Waals surface area (Å²) < 4.78 is 0. The third-order valence-electron chi connectivity index (χ3n) is 2.79. The Morgan fingerprint density at radius 3 is 2.55 bits per heavy atom. The van der Waals surface area contributed by atoms with Crippen molar-refractivity contribution < 1.29 is 14.7 Å². The quantitative estimate of drug-likeness (QED) is 0.494. The molecule has 20 heavy (non-hydrogen) atoms. The van der Waals surface area contributed by atoms with E-state index in [4.69, 9.17) is 10.8 Å². The van der Waals surface area contributed by atoms with E-state index in [-0.39, 0.29) is 0 Å². The lowest BCUT2D eigenvalue weighted by Gasteiger charge is -2.12. The SMILES string of the molecule is NCCCC[C@H](NC(=O)/C=C/c1ccccc1)C(=O)O. The van der Waals surface area contributed by atoms with Gasteiger partial charge >= 0.3 is 5.97 Å². The molecule has 108 valence electrons. The summed E-state index contributed by atoms with van der Waals surface area (Å²) in [6.07, 6.45) is 4.80. The third kappa shape index (κ3) is 6.15. The lowest BCUT2D eigenvalue weighted by molar-refractivity contribution is -0.141. The largest absolute Gasteiger partial charge is 0.480 e. The van der Waals surface area contributed by atoms with Crippen molar-refractivity contribution in [1.82, 2.24) is 5.32 Å². The molecule has 4 N–H and O–H groups in total. The van der Waals surface area contributed by atoms with Crippen LogP contribution in [-0.4, -0.2) is 29.6 Å². The molecular weight excluding hydrogens is 256 g/mol. The number of rotatable bonds is 8. The van der Waals surface area contributed by atoms with E-state index in [0.29, 0.717) is 19.4 Å². The van der Waals surface area contributed by atoms with Gasteiger partial charge in [-0.2, -0.15) is 0 Å². The van der Waals surface area contributed by atoms with Crippen LogP contribution in [0.25, 0.3) is 6.08 Å². The Morgan fingerprint density at radius 2 is 1.95 bits per heavy atom. The van der Waals surface area contributed by atoms with E-state index < -0.39 is 17.9 Å². The van der Waals surface area contributed by atoms with Crippen molar-refractivity contribution in [2.45, 2.75) is 25.3 Å². The number of hydrogen-bond donors (Lipinski definition) is 3. The predicted molar refractivity (Wildman–Crippen MR) is 77.9 cm³/mol. The van der Waals surface area contributed by atoms with Crippen molar-refractivity contribution in [3.63, 3.8) is 0 Å². The van der Waals surface area contributed by atoms with E-state index in [0.717, 1.165) is 12.0 Å². The maximum atomic E-state index is 11.7. The molecular formula is C15H20N2O3. The molecule has 5 nitrogen and oxygen atoms in total. The molecule has 0 saturated heterocycles. The Balaban J connectivity index is 2.49. The van der Waals surface area contributed by atoms with Gasteiger partial charge in [-0.1, -0.05) is 30.3 Å². The minimum Gasteiger partial charge on any atom is -0.480 e. The van der Waals surface area contributed by atoms with Crippen molar-refractivity contribution >= 4 is 18.0 Å². The molecule has 0 aliphatic heterocycles. The van der Waals surface area contributed by atoms with E-state index in [1.54, 1.807) is 6.08 Å². The fourth-order valence-electron chi connectivity index (χ4n) is 1.71. The number of nitrogens with two attached hydrogens (primary N) is 1. The number of carboxylic acid groups (broad SMARTS) is 1. The van der Waals surface area contributed by atoms with Crippen LogP contribution in [0.3, 0.4) is 0 Å². The number of carbonyl (C=O) groups excluding carboxylic acids is 1. The van der Waals surface area contributed by atoms with E-state index in [1.807, 2.05) is 30.3 Å². The molecule has 0 aliphatic rings. The predicted octanol–water partition coefficient (Wildman–Crippen LogP) is 1.40. The molecule has 0 radical (unpaired) electrons. The van der Waals surface area contributed by atoms with Crippen LogP contribution in [0.15, 0.2) is 36.4 Å². The van der Waals surface area contributed by atoms with Crippen molar-refractivity contribution in [3.05, 3.63) is 42.0 Å². The second-order valence-electron chi connectivity index (χ2n) is 4.43. The summed E-state index contributed by atoms with van der Waals surface area (Å²) >= 11 is 0. The summed E-state index contributed by atoms with van der Waals surface area (Å²) in [6, 6.07) is 8.47. The van der Waals surface area contributed by atoms with Gasteiger partial charge in [0.05, 0.1) is 0 Å². The van der Waals surface area contributed by atoms with Crippen molar-refractivity contribution in [2.24, 2.45) is 5.73 Å². The van der Waals surface area contributed by atoms with Gasteiger partial charge in [-0.25, -0.2) is 4.79 Å². The van der Waals surface area contributed by atoms with Crippen LogP contribution >= 0.6 is 0 Å². The molecule has 0 aliphatic carbocycles. The van der Waals surface area contributed by atoms with Crippen LogP contribution in [0.4, 0.5) is 0 Å². The molecule has 0 heterocycles. The molecule has 0 unspecified atom stereocenters. The maximum absolute atomic E-state index is 11.7. The number of aliphatic carboxylic acids is 1. The van der Waals surface area contributed by atoms with Gasteiger partial charge in [0.25, 0.3) is 0 Å². The van der Waals surface area contributed by atoms with Crippen LogP contribution in [0.2, 0.25) is 0 Å². The highest BCUT2D eigenvalue weighted by atomic mass is 16.4. The first-order chi connectivity index (χ1) is 9.63. The van der Waals surface area contributed by atoms with Gasteiger partial charge in [-0.05, 0) is 37.4 Å². The number of amides is 1. The number of carbonyl (C=O) groups is 2. The monoisotopic (exact) mass is 276 g/mol. The lowest BCUT2D eigenvalue weighted by atomic mass is 10.1. The molecule has 0 fully saturated rings. The van der Waals surface area contributed by atoms with Crippen molar-refractivity contribution in [1.29, 1.82) is 0 Å². The third-order valence-corrected chi connectivity index (χ3v) is 2.79. The zero-order valence-corrected chi connectivity index (χ0v) is 11.3. The van der Waals surface area contributed by atoms with Crippen molar-refractivity contribution in [2.75, 3.05) is 6.54 Å². The number of nitrogens with one attached hydrogen (secondary N) is 1. The van der Waals surface area contributed by atoms with Crippen LogP contribution in [0, 0.1) is 0 Å². The molecule has 1 amide bonds. The van der Waals surface area contributed by atoms with Gasteiger partial charge in [0, 0.05) is 6.08 Å². The second kappa shape index (κ2) is 8.87. The normalized spacial score (nSPS) is 12.2. The molecule has 1 rings (SSSR count). The Morgan fingerprint density at radius 1 is 1.25 bits per heavy atom. The van der Waals surface area contributed by atoms with E-state index >= 15 is 0 Å². The number of unbranched alkanes of at least 4 members (excludes halogenated alkanes) is 1. The fourth-order valence-corrected chi connectivity index (χ4v) is 1.71. The molecule has 0 aromatic heterocycles. The molecule has 0 saturated carbocycles. The Labute approximate surface area is 118 Å². The van der Waals surface area contributed by atoms with Crippen LogP contribution in [0.5, 0.6) is 0 Å². The topological polar surface area (TPSA) is 92.4 Å². The number of benzene rings is 1. The van der Waals surface area contributed by atoms with Gasteiger partial charge in [0.2, 0.25) is 5.91 Å². The van der Waals surface area contributed by atoms with Crippen LogP contribution in [0.1, 0.15) is 24.8 Å². The Kier molecular flexibility index (Phi) is 7.06.